The molecule has 1 heterocycles. The zero-order valence-electron chi connectivity index (χ0n) is 12.2. The van der Waals surface area contributed by atoms with Gasteiger partial charge >= 0.3 is 0 Å². The lowest BCUT2D eigenvalue weighted by Gasteiger charge is -2.42. The normalized spacial score (nSPS) is 18.1. The van der Waals surface area contributed by atoms with Crippen molar-refractivity contribution in [2.24, 2.45) is 11.3 Å². The molecule has 102 valence electrons. The van der Waals surface area contributed by atoms with Crippen LogP contribution in [0.25, 0.3) is 0 Å². The van der Waals surface area contributed by atoms with Crippen molar-refractivity contribution < 1.29 is 0 Å². The molecule has 2 nitrogen and oxygen atoms in total. The summed E-state index contributed by atoms with van der Waals surface area (Å²) < 4.78 is 0. The maximum Gasteiger partial charge on any atom is 0.0936 e. The molecule has 1 N–H and O–H groups in total. The first kappa shape index (κ1) is 14.0. The summed E-state index contributed by atoms with van der Waals surface area (Å²) in [5.74, 6) is 0.742. The van der Waals surface area contributed by atoms with Crippen LogP contribution < -0.4 is 5.32 Å². The Kier molecular flexibility index (Phi) is 4.44. The van der Waals surface area contributed by atoms with E-state index in [9.17, 15) is 0 Å². The van der Waals surface area contributed by atoms with Crippen molar-refractivity contribution in [3.8, 4) is 0 Å². The summed E-state index contributed by atoms with van der Waals surface area (Å²) in [6.45, 7) is 11.2. The molecule has 1 saturated carbocycles. The van der Waals surface area contributed by atoms with Gasteiger partial charge in [0.1, 0.15) is 0 Å². The van der Waals surface area contributed by atoms with Gasteiger partial charge in [-0.1, -0.05) is 20.3 Å². The van der Waals surface area contributed by atoms with Gasteiger partial charge < -0.3 is 5.32 Å². The van der Waals surface area contributed by atoms with Gasteiger partial charge in [-0.2, -0.15) is 0 Å². The third-order valence-electron chi connectivity index (χ3n) is 4.07. The first-order valence-corrected chi connectivity index (χ1v) is 7.96. The van der Waals surface area contributed by atoms with Crippen LogP contribution in [-0.2, 0) is 6.42 Å². The van der Waals surface area contributed by atoms with Crippen LogP contribution in [0.5, 0.6) is 0 Å². The van der Waals surface area contributed by atoms with Crippen LogP contribution in [-0.4, -0.2) is 18.1 Å². The highest BCUT2D eigenvalue weighted by molar-refractivity contribution is 7.11. The van der Waals surface area contributed by atoms with E-state index in [1.54, 1.807) is 0 Å². The van der Waals surface area contributed by atoms with Gasteiger partial charge in [-0.15, -0.1) is 11.3 Å². The lowest BCUT2D eigenvalue weighted by atomic mass is 9.66. The van der Waals surface area contributed by atoms with E-state index in [4.69, 9.17) is 4.98 Å². The quantitative estimate of drug-likeness (QED) is 0.849. The van der Waals surface area contributed by atoms with Gasteiger partial charge in [-0.05, 0) is 44.6 Å². The highest BCUT2D eigenvalue weighted by Gasteiger charge is 2.37. The molecule has 0 atom stereocenters. The lowest BCUT2D eigenvalue weighted by Crippen LogP contribution is -2.42. The zero-order valence-corrected chi connectivity index (χ0v) is 13.0. The Labute approximate surface area is 115 Å². The van der Waals surface area contributed by atoms with Gasteiger partial charge in [0.25, 0.3) is 0 Å². The fourth-order valence-electron chi connectivity index (χ4n) is 2.65. The number of nitrogens with one attached hydrogen (secondary N) is 1. The molecular formula is C15H26N2S. The van der Waals surface area contributed by atoms with E-state index in [0.717, 1.165) is 12.5 Å². The summed E-state index contributed by atoms with van der Waals surface area (Å²) in [4.78, 5) is 6.09. The minimum atomic E-state index is 0.506. The van der Waals surface area contributed by atoms with Gasteiger partial charge in [0.2, 0.25) is 0 Å². The fraction of sp³-hybridized carbons (Fsp3) is 0.800. The van der Waals surface area contributed by atoms with Crippen molar-refractivity contribution in [3.05, 3.63) is 15.6 Å². The molecule has 1 aromatic rings. The number of hydrogen-bond donors (Lipinski definition) is 1. The highest BCUT2D eigenvalue weighted by atomic mass is 32.1. The molecule has 1 aliphatic carbocycles. The van der Waals surface area contributed by atoms with E-state index in [2.05, 4.69) is 33.0 Å². The minimum absolute atomic E-state index is 0.506. The van der Waals surface area contributed by atoms with Crippen molar-refractivity contribution >= 4 is 11.3 Å². The largest absolute Gasteiger partial charge is 0.316 e. The third kappa shape index (κ3) is 3.33. The van der Waals surface area contributed by atoms with Crippen LogP contribution in [0, 0.1) is 25.2 Å². The number of aryl methyl sites for hydroxylation is 2. The molecule has 0 saturated heterocycles. The van der Waals surface area contributed by atoms with Gasteiger partial charge in [0.15, 0.2) is 0 Å². The fourth-order valence-corrected chi connectivity index (χ4v) is 3.76. The van der Waals surface area contributed by atoms with Crippen molar-refractivity contribution in [2.45, 2.75) is 53.4 Å². The zero-order chi connectivity index (χ0) is 13.2. The standard InChI is InChI=1S/C15H26N2S/c1-11(2)9-16-10-15(6-5-7-15)8-14-17-12(3)13(4)18-14/h11,16H,5-10H2,1-4H3. The average Bonchev–Trinajstić information content (AvgIpc) is 2.54. The van der Waals surface area contributed by atoms with Gasteiger partial charge in [0.05, 0.1) is 10.7 Å². The van der Waals surface area contributed by atoms with Gasteiger partial charge in [-0.25, -0.2) is 4.98 Å². The predicted octanol–water partition coefficient (Wildman–Crippen LogP) is 3.72. The monoisotopic (exact) mass is 266 g/mol. The van der Waals surface area contributed by atoms with Crippen LogP contribution in [0.2, 0.25) is 0 Å². The number of rotatable bonds is 6. The van der Waals surface area contributed by atoms with Crippen molar-refractivity contribution in [3.63, 3.8) is 0 Å². The predicted molar refractivity (Wildman–Crippen MR) is 79.3 cm³/mol. The Morgan fingerprint density at radius 2 is 2.06 bits per heavy atom. The van der Waals surface area contributed by atoms with E-state index < -0.39 is 0 Å². The second kappa shape index (κ2) is 5.70. The molecule has 18 heavy (non-hydrogen) atoms. The maximum absolute atomic E-state index is 4.71. The average molecular weight is 266 g/mol. The molecule has 0 amide bonds. The van der Waals surface area contributed by atoms with Crippen molar-refractivity contribution in [1.82, 2.24) is 10.3 Å². The van der Waals surface area contributed by atoms with Gasteiger partial charge in [-0.3, -0.25) is 0 Å². The van der Waals surface area contributed by atoms with E-state index in [0.29, 0.717) is 5.41 Å². The number of aromatic nitrogens is 1. The molecule has 3 heteroatoms. The minimum Gasteiger partial charge on any atom is -0.316 e. The molecule has 1 fully saturated rings. The molecule has 2 rings (SSSR count). The van der Waals surface area contributed by atoms with E-state index in [1.165, 1.54) is 47.8 Å². The number of nitrogens with zero attached hydrogens (tertiary/aromatic N) is 1. The van der Waals surface area contributed by atoms with Crippen LogP contribution in [0.1, 0.15) is 48.7 Å². The maximum atomic E-state index is 4.71. The molecule has 0 bridgehead atoms. The van der Waals surface area contributed by atoms with Crippen LogP contribution in [0.4, 0.5) is 0 Å². The van der Waals surface area contributed by atoms with Crippen LogP contribution in [0.3, 0.4) is 0 Å². The molecule has 0 radical (unpaired) electrons. The summed E-state index contributed by atoms with van der Waals surface area (Å²) in [6.07, 6.45) is 5.32. The first-order valence-electron chi connectivity index (χ1n) is 7.14. The SMILES string of the molecule is Cc1nc(CC2(CNCC(C)C)CCC2)sc1C. The molecule has 0 aliphatic heterocycles. The van der Waals surface area contributed by atoms with Crippen LogP contribution in [0.15, 0.2) is 0 Å². The summed E-state index contributed by atoms with van der Waals surface area (Å²) >= 11 is 1.89. The van der Waals surface area contributed by atoms with Crippen molar-refractivity contribution in [1.29, 1.82) is 0 Å². The van der Waals surface area contributed by atoms with Crippen LogP contribution >= 0.6 is 11.3 Å². The molecule has 1 aliphatic rings. The van der Waals surface area contributed by atoms with E-state index in [-0.39, 0.29) is 0 Å². The molecule has 0 unspecified atom stereocenters. The summed E-state index contributed by atoms with van der Waals surface area (Å²) in [5, 5.41) is 4.99. The lowest BCUT2D eigenvalue weighted by molar-refractivity contribution is 0.129. The summed E-state index contributed by atoms with van der Waals surface area (Å²) in [6, 6.07) is 0. The number of hydrogen-bond acceptors (Lipinski definition) is 3. The molecular weight excluding hydrogens is 240 g/mol. The Balaban J connectivity index is 1.91. The summed E-state index contributed by atoms with van der Waals surface area (Å²) in [5.41, 5.74) is 1.73. The first-order chi connectivity index (χ1) is 8.51. The second-order valence-corrected chi connectivity index (χ2v) is 7.59. The molecule has 0 spiro atoms. The third-order valence-corrected chi connectivity index (χ3v) is 5.14. The van der Waals surface area contributed by atoms with Crippen molar-refractivity contribution in [2.75, 3.05) is 13.1 Å². The second-order valence-electron chi connectivity index (χ2n) is 6.30. The topological polar surface area (TPSA) is 24.9 Å². The number of thiazole rings is 1. The smallest absolute Gasteiger partial charge is 0.0936 e. The molecule has 1 aromatic heterocycles. The Bertz CT molecular complexity index is 372. The van der Waals surface area contributed by atoms with E-state index >= 15 is 0 Å². The highest BCUT2D eigenvalue weighted by Crippen LogP contribution is 2.43. The Hall–Kier alpha value is -0.410. The summed E-state index contributed by atoms with van der Waals surface area (Å²) in [7, 11) is 0. The Morgan fingerprint density at radius 3 is 2.50 bits per heavy atom. The molecule has 0 aromatic carbocycles. The van der Waals surface area contributed by atoms with E-state index in [1.807, 2.05) is 11.3 Å². The Morgan fingerprint density at radius 1 is 1.33 bits per heavy atom. The van der Waals surface area contributed by atoms with Gasteiger partial charge in [0, 0.05) is 17.8 Å².